The zero-order valence-corrected chi connectivity index (χ0v) is 11.6. The van der Waals surface area contributed by atoms with Crippen LogP contribution in [0.25, 0.3) is 0 Å². The van der Waals surface area contributed by atoms with Crippen LogP contribution in [0, 0.1) is 0 Å². The number of nitrogens with one attached hydrogen (secondary N) is 1. The van der Waals surface area contributed by atoms with E-state index in [9.17, 15) is 4.79 Å². The van der Waals surface area contributed by atoms with Gasteiger partial charge in [-0.15, -0.1) is 0 Å². The number of amides is 1. The Morgan fingerprint density at radius 2 is 2.25 bits per heavy atom. The van der Waals surface area contributed by atoms with Gasteiger partial charge in [-0.25, -0.2) is 0 Å². The number of fused-ring (bicyclic) bond motifs is 1. The van der Waals surface area contributed by atoms with Crippen LogP contribution in [0.5, 0.6) is 0 Å². The van der Waals surface area contributed by atoms with Gasteiger partial charge in [0.25, 0.3) is 5.91 Å². The lowest BCUT2D eigenvalue weighted by Gasteiger charge is -2.26. The van der Waals surface area contributed by atoms with Gasteiger partial charge in [-0.1, -0.05) is 6.07 Å². The highest BCUT2D eigenvalue weighted by Gasteiger charge is 2.22. The molecule has 0 fully saturated rings. The van der Waals surface area contributed by atoms with Crippen molar-refractivity contribution >= 4 is 11.6 Å². The molecule has 2 aromatic rings. The maximum atomic E-state index is 12.3. The molecule has 1 aromatic carbocycles. The Morgan fingerprint density at radius 1 is 1.40 bits per heavy atom. The summed E-state index contributed by atoms with van der Waals surface area (Å²) in [5.74, 6) is -0.0211. The molecule has 0 spiro atoms. The van der Waals surface area contributed by atoms with Gasteiger partial charge in [-0.2, -0.15) is 0 Å². The van der Waals surface area contributed by atoms with Crippen LogP contribution in [0.1, 0.15) is 40.5 Å². The number of benzene rings is 1. The number of nitrogens with zero attached hydrogens (tertiary/aromatic N) is 1. The maximum Gasteiger partial charge on any atom is 0.268 e. The second-order valence-electron chi connectivity index (χ2n) is 5.38. The van der Waals surface area contributed by atoms with Crippen molar-refractivity contribution in [3.8, 4) is 0 Å². The largest absolute Gasteiger partial charge is 0.399 e. The second-order valence-corrected chi connectivity index (χ2v) is 5.38. The molecule has 3 rings (SSSR count). The molecule has 4 nitrogen and oxygen atoms in total. The summed E-state index contributed by atoms with van der Waals surface area (Å²) in [6, 6.07) is 9.77. The van der Waals surface area contributed by atoms with Gasteiger partial charge in [0.15, 0.2) is 0 Å². The average Bonchev–Trinajstić information content (AvgIpc) is 2.85. The van der Waals surface area contributed by atoms with Gasteiger partial charge in [-0.05, 0) is 54.7 Å². The van der Waals surface area contributed by atoms with Crippen LogP contribution < -0.4 is 11.1 Å². The normalized spacial score (nSPS) is 17.6. The molecule has 0 saturated heterocycles. The first kappa shape index (κ1) is 12.8. The van der Waals surface area contributed by atoms with E-state index in [0.29, 0.717) is 5.69 Å². The monoisotopic (exact) mass is 269 g/mol. The number of hydrogen-bond acceptors (Lipinski definition) is 2. The van der Waals surface area contributed by atoms with Crippen molar-refractivity contribution in [2.24, 2.45) is 7.05 Å². The third-order valence-electron chi connectivity index (χ3n) is 3.96. The lowest BCUT2D eigenvalue weighted by Crippen LogP contribution is -2.32. The summed E-state index contributed by atoms with van der Waals surface area (Å²) in [5, 5.41) is 3.14. The van der Waals surface area contributed by atoms with Crippen molar-refractivity contribution in [1.82, 2.24) is 9.88 Å². The number of aromatic nitrogens is 1. The van der Waals surface area contributed by atoms with Crippen LogP contribution in [0.15, 0.2) is 36.5 Å². The summed E-state index contributed by atoms with van der Waals surface area (Å²) in [7, 11) is 1.88. The fraction of sp³-hybridized carbons (Fsp3) is 0.312. The Kier molecular flexibility index (Phi) is 3.22. The molecule has 0 bridgehead atoms. The van der Waals surface area contributed by atoms with Gasteiger partial charge in [-0.3, -0.25) is 4.79 Å². The predicted molar refractivity (Wildman–Crippen MR) is 79.4 cm³/mol. The van der Waals surface area contributed by atoms with E-state index in [1.165, 1.54) is 11.1 Å². The molecule has 1 heterocycles. The Hall–Kier alpha value is -2.23. The summed E-state index contributed by atoms with van der Waals surface area (Å²) >= 11 is 0. The second kappa shape index (κ2) is 5.04. The predicted octanol–water partition coefficient (Wildman–Crippen LogP) is 2.41. The SMILES string of the molecule is Cn1cccc1C(=O)NC1CCCc2cc(N)ccc21. The third-order valence-corrected chi connectivity index (χ3v) is 3.96. The molecule has 1 aliphatic rings. The van der Waals surface area contributed by atoms with E-state index in [-0.39, 0.29) is 11.9 Å². The first-order valence-electron chi connectivity index (χ1n) is 6.95. The Balaban J connectivity index is 1.83. The van der Waals surface area contributed by atoms with E-state index in [1.807, 2.05) is 48.1 Å². The smallest absolute Gasteiger partial charge is 0.268 e. The molecule has 3 N–H and O–H groups in total. The standard InChI is InChI=1S/C16H19N3O/c1-19-9-3-6-15(19)16(20)18-14-5-2-4-11-10-12(17)7-8-13(11)14/h3,6-10,14H,2,4-5,17H2,1H3,(H,18,20). The lowest BCUT2D eigenvalue weighted by molar-refractivity contribution is 0.0924. The summed E-state index contributed by atoms with van der Waals surface area (Å²) in [5.41, 5.74) is 9.77. The minimum Gasteiger partial charge on any atom is -0.399 e. The zero-order chi connectivity index (χ0) is 14.1. The molecule has 1 atom stereocenters. The van der Waals surface area contributed by atoms with Gasteiger partial charge in [0, 0.05) is 18.9 Å². The zero-order valence-electron chi connectivity index (χ0n) is 11.6. The summed E-state index contributed by atoms with van der Waals surface area (Å²) < 4.78 is 1.84. The highest BCUT2D eigenvalue weighted by molar-refractivity contribution is 5.93. The van der Waals surface area contributed by atoms with Crippen molar-refractivity contribution in [2.45, 2.75) is 25.3 Å². The number of hydrogen-bond donors (Lipinski definition) is 2. The molecule has 0 saturated carbocycles. The van der Waals surface area contributed by atoms with Gasteiger partial charge in [0.05, 0.1) is 6.04 Å². The van der Waals surface area contributed by atoms with E-state index in [0.717, 1.165) is 24.9 Å². The molecule has 1 amide bonds. The van der Waals surface area contributed by atoms with Crippen LogP contribution in [0.3, 0.4) is 0 Å². The first-order valence-corrected chi connectivity index (χ1v) is 6.95. The van der Waals surface area contributed by atoms with Gasteiger partial charge >= 0.3 is 0 Å². The summed E-state index contributed by atoms with van der Waals surface area (Å²) in [6.45, 7) is 0. The van der Waals surface area contributed by atoms with Crippen molar-refractivity contribution in [3.05, 3.63) is 53.3 Å². The van der Waals surface area contributed by atoms with Crippen molar-refractivity contribution in [3.63, 3.8) is 0 Å². The molecule has 1 aliphatic carbocycles. The summed E-state index contributed by atoms with van der Waals surface area (Å²) in [6.07, 6.45) is 4.98. The fourth-order valence-electron chi connectivity index (χ4n) is 2.91. The van der Waals surface area contributed by atoms with Crippen LogP contribution in [-0.2, 0) is 13.5 Å². The maximum absolute atomic E-state index is 12.3. The number of carbonyl (C=O) groups is 1. The number of rotatable bonds is 2. The van der Waals surface area contributed by atoms with Gasteiger partial charge in [0.2, 0.25) is 0 Å². The molecular formula is C16H19N3O. The molecule has 0 radical (unpaired) electrons. The molecular weight excluding hydrogens is 250 g/mol. The average molecular weight is 269 g/mol. The van der Waals surface area contributed by atoms with E-state index in [1.54, 1.807) is 0 Å². The molecule has 4 heteroatoms. The highest BCUT2D eigenvalue weighted by atomic mass is 16.2. The van der Waals surface area contributed by atoms with Crippen LogP contribution >= 0.6 is 0 Å². The highest BCUT2D eigenvalue weighted by Crippen LogP contribution is 2.31. The first-order chi connectivity index (χ1) is 9.65. The molecule has 1 unspecified atom stereocenters. The van der Waals surface area contributed by atoms with Crippen LogP contribution in [-0.4, -0.2) is 10.5 Å². The van der Waals surface area contributed by atoms with Crippen molar-refractivity contribution in [2.75, 3.05) is 5.73 Å². The topological polar surface area (TPSA) is 60.0 Å². The van der Waals surface area contributed by atoms with Crippen molar-refractivity contribution in [1.29, 1.82) is 0 Å². The number of nitrogen functional groups attached to an aromatic ring is 1. The van der Waals surface area contributed by atoms with E-state index in [4.69, 9.17) is 5.73 Å². The molecule has 0 aliphatic heterocycles. The fourth-order valence-corrected chi connectivity index (χ4v) is 2.91. The number of aryl methyl sites for hydroxylation is 2. The number of nitrogens with two attached hydrogens (primary N) is 1. The van der Waals surface area contributed by atoms with Crippen molar-refractivity contribution < 1.29 is 4.79 Å². The van der Waals surface area contributed by atoms with Gasteiger partial charge < -0.3 is 15.6 Å². The molecule has 104 valence electrons. The number of anilines is 1. The van der Waals surface area contributed by atoms with E-state index < -0.39 is 0 Å². The molecule has 1 aromatic heterocycles. The van der Waals surface area contributed by atoms with E-state index >= 15 is 0 Å². The Labute approximate surface area is 118 Å². The lowest BCUT2D eigenvalue weighted by atomic mass is 9.87. The van der Waals surface area contributed by atoms with Gasteiger partial charge in [0.1, 0.15) is 5.69 Å². The third kappa shape index (κ3) is 2.29. The van der Waals surface area contributed by atoms with E-state index in [2.05, 4.69) is 5.32 Å². The minimum atomic E-state index is -0.0211. The Morgan fingerprint density at radius 3 is 3.00 bits per heavy atom. The quantitative estimate of drug-likeness (QED) is 0.822. The van der Waals surface area contributed by atoms with Crippen LogP contribution in [0.2, 0.25) is 0 Å². The number of carbonyl (C=O) groups excluding carboxylic acids is 1. The Bertz CT molecular complexity index is 645. The van der Waals surface area contributed by atoms with Crippen LogP contribution in [0.4, 0.5) is 5.69 Å². The summed E-state index contributed by atoms with van der Waals surface area (Å²) in [4.78, 5) is 12.3. The minimum absolute atomic E-state index is 0.0211. The molecule has 20 heavy (non-hydrogen) atoms.